The van der Waals surface area contributed by atoms with Gasteiger partial charge in [-0.05, 0) is 49.6 Å². The molecule has 2 aromatic rings. The number of ketones is 1. The number of carbonyl (C=O) groups excluding carboxylic acids is 2. The number of rotatable bonds is 5. The average Bonchev–Trinajstić information content (AvgIpc) is 2.57. The van der Waals surface area contributed by atoms with Crippen LogP contribution in [0.2, 0.25) is 5.02 Å². The third-order valence-corrected chi connectivity index (χ3v) is 4.34. The molecule has 0 aliphatic heterocycles. The first-order chi connectivity index (χ1) is 11.7. The molecule has 132 valence electrons. The highest BCUT2D eigenvalue weighted by Crippen LogP contribution is 2.29. The lowest BCUT2D eigenvalue weighted by molar-refractivity contribution is 0.0471. The van der Waals surface area contributed by atoms with Crippen molar-refractivity contribution in [3.8, 4) is 5.75 Å². The molecular weight excluding hydrogens is 342 g/mol. The number of ether oxygens (including phenoxy) is 2. The predicted molar refractivity (Wildman–Crippen MR) is 97.7 cm³/mol. The topological polar surface area (TPSA) is 78.6 Å². The number of hydrogen-bond donors (Lipinski definition) is 1. The number of anilines is 1. The van der Waals surface area contributed by atoms with Crippen LogP contribution in [0.5, 0.6) is 5.75 Å². The molecule has 0 unspecified atom stereocenters. The molecule has 2 rings (SSSR count). The first-order valence-electron chi connectivity index (χ1n) is 7.65. The zero-order valence-electron chi connectivity index (χ0n) is 14.6. The van der Waals surface area contributed by atoms with Gasteiger partial charge in [0.2, 0.25) is 5.78 Å². The van der Waals surface area contributed by atoms with Crippen molar-refractivity contribution >= 4 is 29.0 Å². The van der Waals surface area contributed by atoms with Gasteiger partial charge >= 0.3 is 5.97 Å². The highest BCUT2D eigenvalue weighted by molar-refractivity contribution is 6.33. The molecular formula is C19H20ClNO4. The summed E-state index contributed by atoms with van der Waals surface area (Å²) in [6, 6.07) is 6.55. The number of hydrogen-bond acceptors (Lipinski definition) is 5. The number of nitrogen functional groups attached to an aromatic ring is 1. The molecule has 6 heteroatoms. The lowest BCUT2D eigenvalue weighted by atomic mass is 9.98. The summed E-state index contributed by atoms with van der Waals surface area (Å²) in [6.45, 7) is 5.39. The van der Waals surface area contributed by atoms with Crippen molar-refractivity contribution in [1.29, 1.82) is 0 Å². The van der Waals surface area contributed by atoms with Gasteiger partial charge in [-0.3, -0.25) is 4.79 Å². The molecule has 0 spiro atoms. The Morgan fingerprint density at radius 2 is 1.64 bits per heavy atom. The Hall–Kier alpha value is -2.53. The summed E-state index contributed by atoms with van der Waals surface area (Å²) in [6.07, 6.45) is 0. The van der Waals surface area contributed by atoms with Crippen LogP contribution in [0.15, 0.2) is 24.3 Å². The van der Waals surface area contributed by atoms with Crippen molar-refractivity contribution in [1.82, 2.24) is 0 Å². The van der Waals surface area contributed by atoms with E-state index in [9.17, 15) is 9.59 Å². The summed E-state index contributed by atoms with van der Waals surface area (Å²) in [5, 5.41) is 0.212. The number of methoxy groups -OCH3 is 1. The van der Waals surface area contributed by atoms with Gasteiger partial charge < -0.3 is 15.2 Å². The van der Waals surface area contributed by atoms with E-state index in [1.54, 1.807) is 0 Å². The molecule has 0 saturated carbocycles. The summed E-state index contributed by atoms with van der Waals surface area (Å²) in [5.41, 5.74) is 9.59. The van der Waals surface area contributed by atoms with Crippen LogP contribution >= 0.6 is 11.6 Å². The third kappa shape index (κ3) is 4.12. The van der Waals surface area contributed by atoms with Crippen molar-refractivity contribution in [3.63, 3.8) is 0 Å². The van der Waals surface area contributed by atoms with Crippen LogP contribution in [0.3, 0.4) is 0 Å². The van der Waals surface area contributed by atoms with Gasteiger partial charge in [0.15, 0.2) is 6.61 Å². The van der Waals surface area contributed by atoms with Crippen LogP contribution in [0, 0.1) is 20.8 Å². The lowest BCUT2D eigenvalue weighted by Gasteiger charge is -2.12. The van der Waals surface area contributed by atoms with E-state index < -0.39 is 5.97 Å². The van der Waals surface area contributed by atoms with E-state index in [0.717, 1.165) is 16.7 Å². The van der Waals surface area contributed by atoms with Crippen molar-refractivity contribution < 1.29 is 19.1 Å². The zero-order chi connectivity index (χ0) is 18.7. The number of carbonyl (C=O) groups is 2. The number of aryl methyl sites for hydroxylation is 3. The second kappa shape index (κ2) is 7.57. The minimum Gasteiger partial charge on any atom is -0.496 e. The van der Waals surface area contributed by atoms with E-state index in [1.807, 2.05) is 32.9 Å². The fraction of sp³-hybridized carbons (Fsp3) is 0.263. The Balaban J connectivity index is 2.16. The molecule has 0 atom stereocenters. The van der Waals surface area contributed by atoms with Gasteiger partial charge in [-0.2, -0.15) is 0 Å². The molecule has 0 bridgehead atoms. The van der Waals surface area contributed by atoms with Crippen molar-refractivity contribution in [2.75, 3.05) is 19.5 Å². The Bertz CT molecular complexity index is 846. The first kappa shape index (κ1) is 18.8. The molecule has 0 aliphatic rings. The number of benzene rings is 2. The minimum absolute atomic E-state index is 0.117. The Morgan fingerprint density at radius 1 is 1.00 bits per heavy atom. The van der Waals surface area contributed by atoms with Crippen LogP contribution in [0.4, 0.5) is 5.69 Å². The molecule has 0 aliphatic carbocycles. The second-order valence-corrected chi connectivity index (χ2v) is 6.23. The summed E-state index contributed by atoms with van der Waals surface area (Å²) < 4.78 is 10.3. The standard InChI is InChI=1S/C19H20ClNO4/c1-10-5-12(3)13(6-11(10)2)17(22)9-25-19(23)14-7-15(20)16(21)8-18(14)24-4/h5-8H,9,21H2,1-4H3. The van der Waals surface area contributed by atoms with Gasteiger partial charge in [-0.1, -0.05) is 17.7 Å². The number of halogens is 1. The maximum Gasteiger partial charge on any atom is 0.342 e. The maximum atomic E-state index is 12.4. The lowest BCUT2D eigenvalue weighted by Crippen LogP contribution is -2.16. The molecule has 0 saturated heterocycles. The molecule has 2 N–H and O–H groups in total. The fourth-order valence-electron chi connectivity index (χ4n) is 2.45. The van der Waals surface area contributed by atoms with Crippen LogP contribution in [-0.4, -0.2) is 25.5 Å². The van der Waals surface area contributed by atoms with Crippen LogP contribution in [-0.2, 0) is 4.74 Å². The second-order valence-electron chi connectivity index (χ2n) is 5.82. The monoisotopic (exact) mass is 361 g/mol. The van der Waals surface area contributed by atoms with Crippen molar-refractivity contribution in [3.05, 3.63) is 57.1 Å². The maximum absolute atomic E-state index is 12.4. The molecule has 0 heterocycles. The summed E-state index contributed by atoms with van der Waals surface area (Å²) in [5.74, 6) is -0.732. The first-order valence-corrected chi connectivity index (χ1v) is 8.03. The van der Waals surface area contributed by atoms with E-state index in [4.69, 9.17) is 26.8 Å². The van der Waals surface area contributed by atoms with Gasteiger partial charge in [0, 0.05) is 11.6 Å². The quantitative estimate of drug-likeness (QED) is 0.496. The minimum atomic E-state index is -0.700. The van der Waals surface area contributed by atoms with E-state index in [1.165, 1.54) is 19.2 Å². The average molecular weight is 362 g/mol. The molecule has 2 aromatic carbocycles. The number of nitrogens with two attached hydrogens (primary N) is 1. The smallest absolute Gasteiger partial charge is 0.342 e. The van der Waals surface area contributed by atoms with Crippen molar-refractivity contribution in [2.24, 2.45) is 0 Å². The van der Waals surface area contributed by atoms with Gasteiger partial charge in [-0.25, -0.2) is 4.79 Å². The van der Waals surface area contributed by atoms with Crippen LogP contribution in [0.1, 0.15) is 37.4 Å². The van der Waals surface area contributed by atoms with E-state index in [0.29, 0.717) is 5.56 Å². The normalized spacial score (nSPS) is 10.4. The summed E-state index contributed by atoms with van der Waals surface area (Å²) in [7, 11) is 1.41. The predicted octanol–water partition coefficient (Wildman–Crippen LogP) is 3.90. The van der Waals surface area contributed by atoms with Crippen LogP contribution in [0.25, 0.3) is 0 Å². The summed E-state index contributed by atoms with van der Waals surface area (Å²) in [4.78, 5) is 24.7. The van der Waals surface area contributed by atoms with E-state index in [2.05, 4.69) is 0 Å². The largest absolute Gasteiger partial charge is 0.496 e. The van der Waals surface area contributed by atoms with Gasteiger partial charge in [0.05, 0.1) is 17.8 Å². The van der Waals surface area contributed by atoms with Crippen molar-refractivity contribution in [2.45, 2.75) is 20.8 Å². The molecule has 0 radical (unpaired) electrons. The van der Waals surface area contributed by atoms with Crippen LogP contribution < -0.4 is 10.5 Å². The van der Waals surface area contributed by atoms with Gasteiger partial charge in [0.25, 0.3) is 0 Å². The Morgan fingerprint density at radius 3 is 2.28 bits per heavy atom. The Kier molecular flexibility index (Phi) is 5.69. The molecule has 0 amide bonds. The SMILES string of the molecule is COc1cc(N)c(Cl)cc1C(=O)OCC(=O)c1cc(C)c(C)cc1C. The molecule has 0 aromatic heterocycles. The third-order valence-electron chi connectivity index (χ3n) is 4.01. The summed E-state index contributed by atoms with van der Waals surface area (Å²) >= 11 is 5.94. The number of esters is 1. The fourth-order valence-corrected chi connectivity index (χ4v) is 2.61. The van der Waals surface area contributed by atoms with E-state index >= 15 is 0 Å². The Labute approximate surface area is 151 Å². The highest BCUT2D eigenvalue weighted by atomic mass is 35.5. The number of Topliss-reactive ketones (excluding diaryl/α,β-unsaturated/α-hetero) is 1. The van der Waals surface area contributed by atoms with Gasteiger partial charge in [0.1, 0.15) is 11.3 Å². The molecule has 5 nitrogen and oxygen atoms in total. The molecule has 0 fully saturated rings. The van der Waals surface area contributed by atoms with Gasteiger partial charge in [-0.15, -0.1) is 0 Å². The van der Waals surface area contributed by atoms with E-state index in [-0.39, 0.29) is 34.4 Å². The zero-order valence-corrected chi connectivity index (χ0v) is 15.4. The molecule has 25 heavy (non-hydrogen) atoms. The highest BCUT2D eigenvalue weighted by Gasteiger charge is 2.19.